The highest BCUT2D eigenvalue weighted by molar-refractivity contribution is 6.32. The third-order valence-corrected chi connectivity index (χ3v) is 7.22. The van der Waals surface area contributed by atoms with Crippen LogP contribution in [0.3, 0.4) is 0 Å². The number of hydrogen-bond donors (Lipinski definition) is 2. The van der Waals surface area contributed by atoms with E-state index in [1.165, 1.54) is 19.5 Å². The molecule has 1 aromatic carbocycles. The van der Waals surface area contributed by atoms with E-state index in [9.17, 15) is 5.11 Å². The van der Waals surface area contributed by atoms with Crippen molar-refractivity contribution in [1.29, 1.82) is 0 Å². The van der Waals surface area contributed by atoms with Crippen LogP contribution in [0, 0.1) is 6.92 Å². The first kappa shape index (κ1) is 22.0. The molecular formula is C24H30ClN7O. The molecule has 2 aromatic heterocycles. The smallest absolute Gasteiger partial charge is 0.137 e. The number of hydrogen-bond acceptors (Lipinski definition) is 7. The number of nitrogens with zero attached hydrogens (tertiary/aromatic N) is 6. The van der Waals surface area contributed by atoms with Crippen LogP contribution in [-0.2, 0) is 6.54 Å². The van der Waals surface area contributed by atoms with Crippen molar-refractivity contribution in [2.45, 2.75) is 38.6 Å². The number of halogens is 1. The molecule has 0 saturated carbocycles. The quantitative estimate of drug-likeness (QED) is 0.570. The lowest BCUT2D eigenvalue weighted by molar-refractivity contribution is 0.173. The summed E-state index contributed by atoms with van der Waals surface area (Å²) in [6, 6.07) is 5.29. The number of benzene rings is 1. The van der Waals surface area contributed by atoms with Crippen LogP contribution in [0.1, 0.15) is 36.6 Å². The van der Waals surface area contributed by atoms with Crippen molar-refractivity contribution in [2.24, 2.45) is 0 Å². The predicted molar refractivity (Wildman–Crippen MR) is 131 cm³/mol. The minimum Gasteiger partial charge on any atom is -0.506 e. The average molecular weight is 468 g/mol. The Labute approximate surface area is 199 Å². The van der Waals surface area contributed by atoms with Gasteiger partial charge in [0.15, 0.2) is 0 Å². The summed E-state index contributed by atoms with van der Waals surface area (Å²) in [5.74, 6) is 3.07. The van der Waals surface area contributed by atoms with Gasteiger partial charge in [-0.3, -0.25) is 0 Å². The first-order chi connectivity index (χ1) is 16.0. The molecule has 0 unspecified atom stereocenters. The number of piperidine rings is 1. The van der Waals surface area contributed by atoms with Crippen LogP contribution in [0.15, 0.2) is 30.7 Å². The molecule has 5 rings (SSSR count). The Hall–Kier alpha value is -2.84. The first-order valence-corrected chi connectivity index (χ1v) is 12.0. The number of phenols is 1. The summed E-state index contributed by atoms with van der Waals surface area (Å²) >= 11 is 6.17. The predicted octanol–water partition coefficient (Wildman–Crippen LogP) is 3.68. The zero-order valence-electron chi connectivity index (χ0n) is 18.9. The van der Waals surface area contributed by atoms with Gasteiger partial charge in [0, 0.05) is 49.4 Å². The van der Waals surface area contributed by atoms with Gasteiger partial charge in [0.1, 0.15) is 29.5 Å². The fourth-order valence-electron chi connectivity index (χ4n) is 4.72. The van der Waals surface area contributed by atoms with E-state index in [0.29, 0.717) is 16.8 Å². The molecule has 0 atom stereocenters. The number of rotatable bonds is 6. The molecule has 0 aliphatic carbocycles. The van der Waals surface area contributed by atoms with Gasteiger partial charge in [0.2, 0.25) is 0 Å². The Kier molecular flexibility index (Phi) is 6.12. The fourth-order valence-corrected chi connectivity index (χ4v) is 4.90. The summed E-state index contributed by atoms with van der Waals surface area (Å²) in [5.41, 5.74) is 8.76. The van der Waals surface area contributed by atoms with Crippen LogP contribution in [0.25, 0.3) is 11.3 Å². The Morgan fingerprint density at radius 2 is 1.91 bits per heavy atom. The van der Waals surface area contributed by atoms with E-state index < -0.39 is 0 Å². The summed E-state index contributed by atoms with van der Waals surface area (Å²) < 4.78 is 2.32. The number of aromatic nitrogens is 4. The topological polar surface area (TPSA) is 96.3 Å². The highest BCUT2D eigenvalue weighted by Gasteiger charge is 2.27. The minimum absolute atomic E-state index is 0.0888. The van der Waals surface area contributed by atoms with Gasteiger partial charge in [-0.15, -0.1) is 0 Å². The van der Waals surface area contributed by atoms with Crippen molar-refractivity contribution in [3.63, 3.8) is 0 Å². The van der Waals surface area contributed by atoms with Crippen molar-refractivity contribution in [2.75, 3.05) is 43.4 Å². The summed E-state index contributed by atoms with van der Waals surface area (Å²) in [7, 11) is 0. The average Bonchev–Trinajstić information content (AvgIpc) is 3.21. The van der Waals surface area contributed by atoms with Crippen LogP contribution in [0.4, 0.5) is 11.6 Å². The Bertz CT molecular complexity index is 1140. The molecule has 0 bridgehead atoms. The fraction of sp³-hybridized carbons (Fsp3) is 0.458. The Morgan fingerprint density at radius 3 is 2.61 bits per heavy atom. The van der Waals surface area contributed by atoms with Gasteiger partial charge >= 0.3 is 0 Å². The van der Waals surface area contributed by atoms with E-state index in [-0.39, 0.29) is 5.75 Å². The third-order valence-electron chi connectivity index (χ3n) is 6.91. The summed E-state index contributed by atoms with van der Waals surface area (Å²) in [5, 5.41) is 10.1. The van der Waals surface area contributed by atoms with Crippen LogP contribution < -0.4 is 10.6 Å². The van der Waals surface area contributed by atoms with Gasteiger partial charge in [-0.25, -0.2) is 15.0 Å². The van der Waals surface area contributed by atoms with Gasteiger partial charge in [-0.2, -0.15) is 0 Å². The number of phenolic OH excluding ortho intramolecular Hbond substituents is 1. The normalized spacial score (nSPS) is 17.3. The number of likely N-dealkylation sites (tertiary alicyclic amines) is 1. The van der Waals surface area contributed by atoms with Crippen LogP contribution in [0.2, 0.25) is 5.02 Å². The second-order valence-corrected chi connectivity index (χ2v) is 9.42. The second kappa shape index (κ2) is 9.19. The molecule has 174 valence electrons. The van der Waals surface area contributed by atoms with Crippen molar-refractivity contribution in [1.82, 2.24) is 24.4 Å². The maximum Gasteiger partial charge on any atom is 0.137 e. The summed E-state index contributed by atoms with van der Waals surface area (Å²) in [6.45, 7) is 8.12. The number of anilines is 2. The van der Waals surface area contributed by atoms with Gasteiger partial charge in [-0.1, -0.05) is 11.6 Å². The molecule has 33 heavy (non-hydrogen) atoms. The van der Waals surface area contributed by atoms with E-state index in [0.717, 1.165) is 67.5 Å². The highest BCUT2D eigenvalue weighted by atomic mass is 35.5. The lowest BCUT2D eigenvalue weighted by Crippen LogP contribution is -2.39. The van der Waals surface area contributed by atoms with E-state index in [2.05, 4.69) is 30.5 Å². The van der Waals surface area contributed by atoms with Gasteiger partial charge in [-0.05, 0) is 57.5 Å². The van der Waals surface area contributed by atoms with Crippen molar-refractivity contribution in [3.8, 4) is 17.0 Å². The lowest BCUT2D eigenvalue weighted by Gasteiger charge is -2.34. The largest absolute Gasteiger partial charge is 0.506 e. The molecule has 3 aromatic rings. The molecular weight excluding hydrogens is 438 g/mol. The minimum atomic E-state index is 0.0888. The molecule has 9 heteroatoms. The lowest BCUT2D eigenvalue weighted by atomic mass is 9.95. The SMILES string of the molecule is Cc1c(N)ncnc1N1CCC(c2nc(-c3ccc(O)c(Cl)c3)cn2CCN2CCC2)CC1. The van der Waals surface area contributed by atoms with Crippen molar-refractivity contribution in [3.05, 3.63) is 47.1 Å². The maximum absolute atomic E-state index is 9.80. The molecule has 3 N–H and O–H groups in total. The number of nitrogens with two attached hydrogens (primary N) is 1. The van der Waals surface area contributed by atoms with Crippen LogP contribution >= 0.6 is 11.6 Å². The molecule has 2 aliphatic heterocycles. The molecule has 0 radical (unpaired) electrons. The first-order valence-electron chi connectivity index (χ1n) is 11.6. The summed E-state index contributed by atoms with van der Waals surface area (Å²) in [4.78, 5) is 18.4. The number of aromatic hydroxyl groups is 1. The molecule has 2 saturated heterocycles. The number of nitrogen functional groups attached to an aromatic ring is 1. The molecule has 0 spiro atoms. The maximum atomic E-state index is 9.80. The van der Waals surface area contributed by atoms with E-state index >= 15 is 0 Å². The van der Waals surface area contributed by atoms with E-state index in [1.54, 1.807) is 18.5 Å². The second-order valence-electron chi connectivity index (χ2n) is 9.01. The third kappa shape index (κ3) is 4.50. The van der Waals surface area contributed by atoms with Crippen LogP contribution in [0.5, 0.6) is 5.75 Å². The molecule has 4 heterocycles. The van der Waals surface area contributed by atoms with Crippen LogP contribution in [-0.4, -0.2) is 62.2 Å². The van der Waals surface area contributed by atoms with Gasteiger partial charge in [0.25, 0.3) is 0 Å². The number of imidazole rings is 1. The zero-order valence-corrected chi connectivity index (χ0v) is 19.7. The van der Waals surface area contributed by atoms with Gasteiger partial charge in [0.05, 0.1) is 10.7 Å². The van der Waals surface area contributed by atoms with E-state index in [1.807, 2.05) is 13.0 Å². The molecule has 2 aliphatic rings. The van der Waals surface area contributed by atoms with Crippen molar-refractivity contribution >= 4 is 23.2 Å². The summed E-state index contributed by atoms with van der Waals surface area (Å²) in [6.07, 6.45) is 6.97. The van der Waals surface area contributed by atoms with Crippen molar-refractivity contribution < 1.29 is 5.11 Å². The zero-order chi connectivity index (χ0) is 22.9. The Morgan fingerprint density at radius 1 is 1.12 bits per heavy atom. The molecule has 8 nitrogen and oxygen atoms in total. The van der Waals surface area contributed by atoms with Gasteiger partial charge < -0.3 is 25.2 Å². The molecule has 0 amide bonds. The molecule has 2 fully saturated rings. The monoisotopic (exact) mass is 467 g/mol. The van der Waals surface area contributed by atoms with E-state index in [4.69, 9.17) is 22.3 Å². The standard InChI is InChI=1S/C24H30ClN7O/c1-16-22(26)27-15-28-23(16)31-9-5-17(6-10-31)24-29-20(18-3-4-21(33)19(25)13-18)14-32(24)12-11-30-7-2-8-30/h3-4,13-15,17,33H,2,5-12H2,1H3,(H2,26,27,28). The Balaban J connectivity index is 1.37. The highest BCUT2D eigenvalue weighted by Crippen LogP contribution is 2.34.